The van der Waals surface area contributed by atoms with Crippen LogP contribution in [0.5, 0.6) is 0 Å². The average molecular weight is 324 g/mol. The van der Waals surface area contributed by atoms with Crippen molar-refractivity contribution in [3.8, 4) is 22.3 Å². The van der Waals surface area contributed by atoms with E-state index >= 15 is 0 Å². The molecule has 0 bridgehead atoms. The largest absolute Gasteiger partial charge is 0.288 e. The summed E-state index contributed by atoms with van der Waals surface area (Å²) in [6.07, 6.45) is 0. The summed E-state index contributed by atoms with van der Waals surface area (Å²) in [4.78, 5) is 13.1. The highest BCUT2D eigenvalue weighted by Crippen LogP contribution is 2.49. The normalized spacial score (nSPS) is 11.6. The molecule has 25 heavy (non-hydrogen) atoms. The van der Waals surface area contributed by atoms with Gasteiger partial charge in [-0.25, -0.2) is 4.39 Å². The molecule has 0 atom stereocenters. The summed E-state index contributed by atoms with van der Waals surface area (Å²) in [5.41, 5.74) is 4.42. The van der Waals surface area contributed by atoms with E-state index in [2.05, 4.69) is 0 Å². The Labute approximate surface area is 144 Å². The Kier molecular flexibility index (Phi) is 2.89. The predicted octanol–water partition coefficient (Wildman–Crippen LogP) is 5.86. The quantitative estimate of drug-likeness (QED) is 0.372. The van der Waals surface area contributed by atoms with Crippen LogP contribution in [0.1, 0.15) is 15.9 Å². The summed E-state index contributed by atoms with van der Waals surface area (Å²) in [6, 6.07) is 24.1. The van der Waals surface area contributed by atoms with Crippen LogP contribution in [0.2, 0.25) is 0 Å². The second-order valence-corrected chi connectivity index (χ2v) is 6.25. The minimum atomic E-state index is -0.467. The summed E-state index contributed by atoms with van der Waals surface area (Å²) >= 11 is 0. The standard InChI is InChI=1S/C23H13FO/c24-19-13-15-9-6-12-17-16-10-4-5-11-18(16)21(20(15)17)22(19)23(25)14-7-2-1-3-8-14/h1-13H. The highest BCUT2D eigenvalue weighted by atomic mass is 19.1. The molecule has 0 aliphatic heterocycles. The van der Waals surface area contributed by atoms with Crippen LogP contribution in [0, 0.1) is 5.82 Å². The molecule has 2 heteroatoms. The van der Waals surface area contributed by atoms with Crippen LogP contribution in [0.15, 0.2) is 78.9 Å². The van der Waals surface area contributed by atoms with E-state index in [-0.39, 0.29) is 11.3 Å². The van der Waals surface area contributed by atoms with Gasteiger partial charge in [0.05, 0.1) is 5.56 Å². The third-order valence-corrected chi connectivity index (χ3v) is 4.87. The minimum absolute atomic E-state index is 0.163. The summed E-state index contributed by atoms with van der Waals surface area (Å²) in [5, 5.41) is 1.79. The highest BCUT2D eigenvalue weighted by molar-refractivity contribution is 6.24. The Hall–Kier alpha value is -3.26. The van der Waals surface area contributed by atoms with Gasteiger partial charge in [-0.1, -0.05) is 72.8 Å². The van der Waals surface area contributed by atoms with Crippen molar-refractivity contribution < 1.29 is 9.18 Å². The van der Waals surface area contributed by atoms with Gasteiger partial charge in [0.2, 0.25) is 0 Å². The van der Waals surface area contributed by atoms with Gasteiger partial charge in [0.25, 0.3) is 0 Å². The highest BCUT2D eigenvalue weighted by Gasteiger charge is 2.29. The third-order valence-electron chi connectivity index (χ3n) is 4.87. The maximum Gasteiger partial charge on any atom is 0.196 e. The van der Waals surface area contributed by atoms with Crippen molar-refractivity contribution in [3.05, 3.63) is 95.8 Å². The SMILES string of the molecule is O=C(c1ccccc1)c1c(F)cc2cccc3c2c1-c1ccccc1-3. The molecule has 0 radical (unpaired) electrons. The van der Waals surface area contributed by atoms with E-state index in [4.69, 9.17) is 0 Å². The third kappa shape index (κ3) is 1.91. The average Bonchev–Trinajstić information content (AvgIpc) is 2.99. The first kappa shape index (κ1) is 14.1. The van der Waals surface area contributed by atoms with Crippen molar-refractivity contribution in [1.29, 1.82) is 0 Å². The number of carbonyl (C=O) groups is 1. The van der Waals surface area contributed by atoms with Crippen molar-refractivity contribution in [1.82, 2.24) is 0 Å². The van der Waals surface area contributed by atoms with Crippen LogP contribution < -0.4 is 0 Å². The van der Waals surface area contributed by atoms with Crippen molar-refractivity contribution in [2.75, 3.05) is 0 Å². The lowest BCUT2D eigenvalue weighted by Crippen LogP contribution is -2.06. The molecule has 0 fully saturated rings. The van der Waals surface area contributed by atoms with E-state index in [0.717, 1.165) is 33.0 Å². The number of hydrogen-bond acceptors (Lipinski definition) is 1. The number of ketones is 1. The van der Waals surface area contributed by atoms with Gasteiger partial charge < -0.3 is 0 Å². The number of carbonyl (C=O) groups excluding carboxylic acids is 1. The van der Waals surface area contributed by atoms with Crippen LogP contribution in [0.25, 0.3) is 33.0 Å². The van der Waals surface area contributed by atoms with Gasteiger partial charge in [-0.2, -0.15) is 0 Å². The molecule has 4 aromatic rings. The second-order valence-electron chi connectivity index (χ2n) is 6.25. The maximum absolute atomic E-state index is 15.0. The van der Waals surface area contributed by atoms with Gasteiger partial charge in [-0.15, -0.1) is 0 Å². The predicted molar refractivity (Wildman–Crippen MR) is 98.2 cm³/mol. The number of benzene rings is 4. The monoisotopic (exact) mass is 324 g/mol. The summed E-state index contributed by atoms with van der Waals surface area (Å²) in [5.74, 6) is -0.744. The molecule has 1 nitrogen and oxygen atoms in total. The molecule has 0 unspecified atom stereocenters. The molecule has 0 aromatic heterocycles. The molecule has 4 aromatic carbocycles. The van der Waals surface area contributed by atoms with Crippen molar-refractivity contribution in [2.45, 2.75) is 0 Å². The Morgan fingerprint density at radius 3 is 2.20 bits per heavy atom. The number of fused-ring (bicyclic) bond motifs is 3. The van der Waals surface area contributed by atoms with E-state index in [9.17, 15) is 9.18 Å². The van der Waals surface area contributed by atoms with Gasteiger partial charge in [-0.3, -0.25) is 4.79 Å². The fourth-order valence-corrected chi connectivity index (χ4v) is 3.81. The second kappa shape index (κ2) is 5.12. The molecule has 0 heterocycles. The van der Waals surface area contributed by atoms with Crippen molar-refractivity contribution >= 4 is 16.6 Å². The molecule has 0 spiro atoms. The Bertz CT molecular complexity index is 1160. The zero-order chi connectivity index (χ0) is 17.0. The van der Waals surface area contributed by atoms with Crippen molar-refractivity contribution in [3.63, 3.8) is 0 Å². The zero-order valence-electron chi connectivity index (χ0n) is 13.3. The number of hydrogen-bond donors (Lipinski definition) is 0. The van der Waals surface area contributed by atoms with Crippen LogP contribution >= 0.6 is 0 Å². The van der Waals surface area contributed by atoms with Gasteiger partial charge in [0, 0.05) is 11.1 Å². The Balaban J connectivity index is 1.91. The molecule has 1 aliphatic rings. The summed E-state index contributed by atoms with van der Waals surface area (Å²) in [6.45, 7) is 0. The smallest absolute Gasteiger partial charge is 0.196 e. The molecule has 0 saturated heterocycles. The van der Waals surface area contributed by atoms with E-state index in [1.807, 2.05) is 48.5 Å². The fourth-order valence-electron chi connectivity index (χ4n) is 3.81. The van der Waals surface area contributed by atoms with Gasteiger partial charge in [0.15, 0.2) is 5.78 Å². The molecule has 0 N–H and O–H groups in total. The van der Waals surface area contributed by atoms with Crippen LogP contribution in [0.3, 0.4) is 0 Å². The van der Waals surface area contributed by atoms with Crippen LogP contribution in [-0.4, -0.2) is 5.78 Å². The first-order chi connectivity index (χ1) is 12.3. The maximum atomic E-state index is 15.0. The van der Waals surface area contributed by atoms with E-state index < -0.39 is 5.82 Å². The van der Waals surface area contributed by atoms with Gasteiger partial charge in [0.1, 0.15) is 5.82 Å². The first-order valence-electron chi connectivity index (χ1n) is 8.20. The topological polar surface area (TPSA) is 17.1 Å². The molecular formula is C23H13FO. The van der Waals surface area contributed by atoms with Crippen LogP contribution in [-0.2, 0) is 0 Å². The Morgan fingerprint density at radius 2 is 1.40 bits per heavy atom. The lowest BCUT2D eigenvalue weighted by atomic mass is 9.92. The summed E-state index contributed by atoms with van der Waals surface area (Å²) in [7, 11) is 0. The van der Waals surface area contributed by atoms with Crippen LogP contribution in [0.4, 0.5) is 4.39 Å². The minimum Gasteiger partial charge on any atom is -0.288 e. The van der Waals surface area contributed by atoms with Crippen molar-refractivity contribution in [2.24, 2.45) is 0 Å². The molecule has 5 rings (SSSR count). The summed E-state index contributed by atoms with van der Waals surface area (Å²) < 4.78 is 15.0. The van der Waals surface area contributed by atoms with Gasteiger partial charge >= 0.3 is 0 Å². The molecule has 118 valence electrons. The van der Waals surface area contributed by atoms with E-state index in [1.54, 1.807) is 24.3 Å². The number of rotatable bonds is 2. The lowest BCUT2D eigenvalue weighted by molar-refractivity contribution is 0.103. The molecule has 0 saturated carbocycles. The lowest BCUT2D eigenvalue weighted by Gasteiger charge is -2.11. The molecular weight excluding hydrogens is 311 g/mol. The molecule has 0 amide bonds. The fraction of sp³-hybridized carbons (Fsp3) is 0. The first-order valence-corrected chi connectivity index (χ1v) is 8.20. The molecule has 1 aliphatic carbocycles. The zero-order valence-corrected chi connectivity index (χ0v) is 13.3. The van der Waals surface area contributed by atoms with E-state index in [1.165, 1.54) is 6.07 Å². The number of halogens is 1. The van der Waals surface area contributed by atoms with E-state index in [0.29, 0.717) is 5.56 Å². The Morgan fingerprint density at radius 1 is 0.720 bits per heavy atom. The van der Waals surface area contributed by atoms with Gasteiger partial charge in [-0.05, 0) is 33.5 Å².